The lowest BCUT2D eigenvalue weighted by Crippen LogP contribution is -2.22. The Bertz CT molecular complexity index is 392. The molecule has 3 nitrogen and oxygen atoms in total. The number of ether oxygens (including phenoxy) is 2. The van der Waals surface area contributed by atoms with Crippen LogP contribution in [-0.4, -0.2) is 19.3 Å². The minimum atomic E-state index is -2.79. The highest BCUT2D eigenvalue weighted by molar-refractivity contribution is 5.46. The summed E-state index contributed by atoms with van der Waals surface area (Å²) in [6.07, 6.45) is 5.87. The predicted octanol–water partition coefficient (Wildman–Crippen LogP) is 3.39. The second-order valence-electron chi connectivity index (χ2n) is 3.99. The van der Waals surface area contributed by atoms with E-state index in [9.17, 15) is 8.78 Å². The molecule has 1 heterocycles. The lowest BCUT2D eigenvalue weighted by Gasteiger charge is -2.20. The molecule has 0 radical (unpaired) electrons. The number of hydrogen-bond donors (Lipinski definition) is 1. The van der Waals surface area contributed by atoms with Gasteiger partial charge >= 0.3 is 6.61 Å². The second-order valence-corrected chi connectivity index (χ2v) is 3.99. The Balaban J connectivity index is 1.80. The monoisotopic (exact) mass is 255 g/mol. The van der Waals surface area contributed by atoms with Crippen LogP contribution in [-0.2, 0) is 4.74 Å². The lowest BCUT2D eigenvalue weighted by atomic mass is 10.1. The van der Waals surface area contributed by atoms with Gasteiger partial charge in [-0.25, -0.2) is 0 Å². The van der Waals surface area contributed by atoms with Crippen molar-refractivity contribution in [1.82, 2.24) is 0 Å². The molecular formula is C13H15F2NO2. The van der Waals surface area contributed by atoms with Crippen LogP contribution in [0.3, 0.4) is 0 Å². The Morgan fingerprint density at radius 1 is 1.33 bits per heavy atom. The van der Waals surface area contributed by atoms with Gasteiger partial charge in [0.15, 0.2) is 0 Å². The summed E-state index contributed by atoms with van der Waals surface area (Å²) < 4.78 is 33.6. The Labute approximate surface area is 104 Å². The van der Waals surface area contributed by atoms with Crippen LogP contribution in [0.25, 0.3) is 0 Å². The molecule has 98 valence electrons. The fourth-order valence-corrected chi connectivity index (χ4v) is 1.72. The molecule has 18 heavy (non-hydrogen) atoms. The predicted molar refractivity (Wildman–Crippen MR) is 64.8 cm³/mol. The molecule has 1 aromatic rings. The summed E-state index contributed by atoms with van der Waals surface area (Å²) in [7, 11) is 0. The van der Waals surface area contributed by atoms with Gasteiger partial charge in [-0.2, -0.15) is 8.78 Å². The molecule has 1 aromatic carbocycles. The summed E-state index contributed by atoms with van der Waals surface area (Å²) in [5.41, 5.74) is 0.856. The maximum absolute atomic E-state index is 12.0. The van der Waals surface area contributed by atoms with Crippen molar-refractivity contribution < 1.29 is 18.3 Å². The molecule has 0 spiro atoms. The van der Waals surface area contributed by atoms with Gasteiger partial charge in [-0.15, -0.1) is 0 Å². The molecule has 1 unspecified atom stereocenters. The molecule has 1 aliphatic rings. The number of hydrogen-bond acceptors (Lipinski definition) is 3. The fourth-order valence-electron chi connectivity index (χ4n) is 1.72. The maximum Gasteiger partial charge on any atom is 0.387 e. The van der Waals surface area contributed by atoms with Gasteiger partial charge in [-0.05, 0) is 43.2 Å². The third-order valence-electron chi connectivity index (χ3n) is 2.64. The van der Waals surface area contributed by atoms with Gasteiger partial charge in [0, 0.05) is 5.69 Å². The standard InChI is InChI=1S/C13H15F2NO2/c14-13(15)18-11-6-4-10(5-7-11)16-9-12-3-1-2-8-17-12/h2,4-8,12-13,16H,1,3,9H2. The molecule has 5 heteroatoms. The van der Waals surface area contributed by atoms with Gasteiger partial charge < -0.3 is 14.8 Å². The van der Waals surface area contributed by atoms with Crippen LogP contribution in [0.2, 0.25) is 0 Å². The van der Waals surface area contributed by atoms with Crippen LogP contribution < -0.4 is 10.1 Å². The zero-order valence-corrected chi connectivity index (χ0v) is 9.81. The van der Waals surface area contributed by atoms with Crippen LogP contribution in [0.5, 0.6) is 5.75 Å². The summed E-state index contributed by atoms with van der Waals surface area (Å²) >= 11 is 0. The van der Waals surface area contributed by atoms with Crippen molar-refractivity contribution in [2.24, 2.45) is 0 Å². The third-order valence-corrected chi connectivity index (χ3v) is 2.64. The SMILES string of the molecule is FC(F)Oc1ccc(NCC2CCC=CO2)cc1. The highest BCUT2D eigenvalue weighted by Gasteiger charge is 2.10. The van der Waals surface area contributed by atoms with E-state index < -0.39 is 6.61 Å². The van der Waals surface area contributed by atoms with E-state index >= 15 is 0 Å². The van der Waals surface area contributed by atoms with E-state index in [1.807, 2.05) is 6.08 Å². The quantitative estimate of drug-likeness (QED) is 0.874. The third kappa shape index (κ3) is 3.91. The smallest absolute Gasteiger partial charge is 0.387 e. The van der Waals surface area contributed by atoms with Gasteiger partial charge in [0.05, 0.1) is 12.8 Å². The lowest BCUT2D eigenvalue weighted by molar-refractivity contribution is -0.0498. The zero-order chi connectivity index (χ0) is 12.8. The highest BCUT2D eigenvalue weighted by atomic mass is 19.3. The molecule has 2 rings (SSSR count). The normalized spacial score (nSPS) is 18.5. The fraction of sp³-hybridized carbons (Fsp3) is 0.385. The van der Waals surface area contributed by atoms with Crippen LogP contribution >= 0.6 is 0 Å². The average Bonchev–Trinajstić information content (AvgIpc) is 2.38. The van der Waals surface area contributed by atoms with Crippen LogP contribution in [0.4, 0.5) is 14.5 Å². The Hall–Kier alpha value is -1.78. The minimum absolute atomic E-state index is 0.159. The molecule has 0 amide bonds. The molecule has 1 atom stereocenters. The van der Waals surface area contributed by atoms with Gasteiger partial charge in [-0.3, -0.25) is 0 Å². The molecule has 0 bridgehead atoms. The van der Waals surface area contributed by atoms with Crippen molar-refractivity contribution in [2.75, 3.05) is 11.9 Å². The number of benzene rings is 1. The largest absolute Gasteiger partial charge is 0.497 e. The molecule has 0 saturated heterocycles. The van der Waals surface area contributed by atoms with Gasteiger partial charge in [-0.1, -0.05) is 0 Å². The Morgan fingerprint density at radius 2 is 2.11 bits per heavy atom. The van der Waals surface area contributed by atoms with Gasteiger partial charge in [0.2, 0.25) is 0 Å². The van der Waals surface area contributed by atoms with Gasteiger partial charge in [0.25, 0.3) is 0 Å². The number of alkyl halides is 2. The Kier molecular flexibility index (Phi) is 4.39. The Morgan fingerprint density at radius 3 is 2.72 bits per heavy atom. The topological polar surface area (TPSA) is 30.5 Å². The van der Waals surface area contributed by atoms with E-state index in [4.69, 9.17) is 4.74 Å². The minimum Gasteiger partial charge on any atom is -0.497 e. The van der Waals surface area contributed by atoms with E-state index in [1.165, 1.54) is 12.1 Å². The van der Waals surface area contributed by atoms with Crippen molar-refractivity contribution in [1.29, 1.82) is 0 Å². The molecule has 0 aliphatic carbocycles. The number of allylic oxidation sites excluding steroid dienone is 1. The maximum atomic E-state index is 12.0. The summed E-state index contributed by atoms with van der Waals surface area (Å²) in [5.74, 6) is 0.160. The van der Waals surface area contributed by atoms with Crippen LogP contribution in [0, 0.1) is 0 Å². The first-order chi connectivity index (χ1) is 8.74. The first kappa shape index (κ1) is 12.7. The summed E-state index contributed by atoms with van der Waals surface area (Å²) in [6, 6.07) is 6.43. The van der Waals surface area contributed by atoms with Crippen molar-refractivity contribution in [3.05, 3.63) is 36.6 Å². The number of rotatable bonds is 5. The van der Waals surface area contributed by atoms with E-state index in [1.54, 1.807) is 18.4 Å². The molecule has 0 fully saturated rings. The van der Waals surface area contributed by atoms with E-state index in [0.29, 0.717) is 6.54 Å². The van der Waals surface area contributed by atoms with Crippen LogP contribution in [0.15, 0.2) is 36.6 Å². The van der Waals surface area contributed by atoms with Gasteiger partial charge in [0.1, 0.15) is 11.9 Å². The molecule has 0 aromatic heterocycles. The van der Waals surface area contributed by atoms with Crippen molar-refractivity contribution >= 4 is 5.69 Å². The van der Waals surface area contributed by atoms with E-state index in [2.05, 4.69) is 10.1 Å². The average molecular weight is 255 g/mol. The highest BCUT2D eigenvalue weighted by Crippen LogP contribution is 2.18. The molecule has 1 aliphatic heterocycles. The van der Waals surface area contributed by atoms with Crippen LogP contribution in [0.1, 0.15) is 12.8 Å². The number of halogens is 2. The van der Waals surface area contributed by atoms with Crippen molar-refractivity contribution in [3.8, 4) is 5.75 Å². The zero-order valence-electron chi connectivity index (χ0n) is 9.81. The number of nitrogens with one attached hydrogen (secondary N) is 1. The number of anilines is 1. The second kappa shape index (κ2) is 6.23. The van der Waals surface area contributed by atoms with Crippen molar-refractivity contribution in [3.63, 3.8) is 0 Å². The first-order valence-electron chi connectivity index (χ1n) is 5.83. The summed E-state index contributed by atoms with van der Waals surface area (Å²) in [5, 5.41) is 3.19. The van der Waals surface area contributed by atoms with E-state index in [-0.39, 0.29) is 11.9 Å². The summed E-state index contributed by atoms with van der Waals surface area (Å²) in [6.45, 7) is -2.09. The molecule has 1 N–H and O–H groups in total. The summed E-state index contributed by atoms with van der Waals surface area (Å²) in [4.78, 5) is 0. The van der Waals surface area contributed by atoms with Crippen molar-refractivity contribution in [2.45, 2.75) is 25.6 Å². The molecule has 0 saturated carbocycles. The molecular weight excluding hydrogens is 240 g/mol. The van der Waals surface area contributed by atoms with E-state index in [0.717, 1.165) is 18.5 Å². The first-order valence-corrected chi connectivity index (χ1v) is 5.83.